The maximum absolute atomic E-state index is 11.2. The minimum atomic E-state index is 0.106. The minimum Gasteiger partial charge on any atom is -0.507 e. The molecular weight excluding hydrogens is 290 g/mol. The number of carbonyl (C=O) groups excluding carboxylic acids is 1. The Morgan fingerprint density at radius 1 is 1.26 bits per heavy atom. The molecule has 4 heteroatoms. The average Bonchev–Trinajstić information content (AvgIpc) is 2.41. The van der Waals surface area contributed by atoms with Crippen LogP contribution in [0.1, 0.15) is 50.2 Å². The lowest BCUT2D eigenvalue weighted by Gasteiger charge is -2.38. The summed E-state index contributed by atoms with van der Waals surface area (Å²) in [6.07, 6.45) is 6.11. The molecule has 0 spiro atoms. The van der Waals surface area contributed by atoms with Crippen molar-refractivity contribution < 1.29 is 15.0 Å². The van der Waals surface area contributed by atoms with Crippen molar-refractivity contribution in [1.29, 1.82) is 0 Å². The standard InChI is InChI=1S/C19H25NO3/c1-12-4-3-5-16(6-12)19-17(22)8-14(9-18(19)23)7-15-10-20(11-15)13(2)21/h6,8-9,15-16,22-23H,3-5,7,10-11H2,1-2H3/t16-/m0/s1. The molecule has 2 N–H and O–H groups in total. The molecule has 23 heavy (non-hydrogen) atoms. The Morgan fingerprint density at radius 3 is 2.48 bits per heavy atom. The van der Waals surface area contributed by atoms with Crippen molar-refractivity contribution in [1.82, 2.24) is 4.90 Å². The molecule has 1 aliphatic carbocycles. The largest absolute Gasteiger partial charge is 0.507 e. The van der Waals surface area contributed by atoms with Gasteiger partial charge in [0.2, 0.25) is 5.91 Å². The van der Waals surface area contributed by atoms with Crippen LogP contribution in [0.15, 0.2) is 23.8 Å². The molecule has 1 saturated heterocycles. The van der Waals surface area contributed by atoms with Gasteiger partial charge in [-0.3, -0.25) is 4.79 Å². The van der Waals surface area contributed by atoms with Crippen LogP contribution in [0.3, 0.4) is 0 Å². The summed E-state index contributed by atoms with van der Waals surface area (Å²) in [4.78, 5) is 13.0. The zero-order valence-corrected chi connectivity index (χ0v) is 13.9. The predicted molar refractivity (Wildman–Crippen MR) is 89.6 cm³/mol. The first-order chi connectivity index (χ1) is 10.9. The molecule has 1 aromatic rings. The highest BCUT2D eigenvalue weighted by atomic mass is 16.3. The molecule has 0 saturated carbocycles. The molecule has 1 fully saturated rings. The highest BCUT2D eigenvalue weighted by Crippen LogP contribution is 2.41. The molecule has 0 aromatic heterocycles. The molecular formula is C19H25NO3. The Hall–Kier alpha value is -1.97. The van der Waals surface area contributed by atoms with E-state index in [4.69, 9.17) is 0 Å². The van der Waals surface area contributed by atoms with Crippen LogP contribution >= 0.6 is 0 Å². The van der Waals surface area contributed by atoms with Gasteiger partial charge in [0.25, 0.3) is 0 Å². The van der Waals surface area contributed by atoms with Crippen LogP contribution in [0.2, 0.25) is 0 Å². The number of carbonyl (C=O) groups is 1. The number of amides is 1. The zero-order chi connectivity index (χ0) is 16.6. The molecule has 1 atom stereocenters. The van der Waals surface area contributed by atoms with Crippen molar-refractivity contribution in [2.24, 2.45) is 5.92 Å². The van der Waals surface area contributed by atoms with Crippen LogP contribution < -0.4 is 0 Å². The van der Waals surface area contributed by atoms with Gasteiger partial charge in [-0.15, -0.1) is 0 Å². The molecule has 1 heterocycles. The summed E-state index contributed by atoms with van der Waals surface area (Å²) >= 11 is 0. The highest BCUT2D eigenvalue weighted by molar-refractivity contribution is 5.74. The van der Waals surface area contributed by atoms with Crippen LogP contribution in [-0.2, 0) is 11.2 Å². The zero-order valence-electron chi connectivity index (χ0n) is 13.9. The van der Waals surface area contributed by atoms with Crippen LogP contribution in [0.5, 0.6) is 11.5 Å². The van der Waals surface area contributed by atoms with Gasteiger partial charge in [0, 0.05) is 31.5 Å². The third-order valence-corrected chi connectivity index (χ3v) is 5.07. The molecule has 1 amide bonds. The first-order valence-corrected chi connectivity index (χ1v) is 8.41. The number of rotatable bonds is 3. The number of hydrogen-bond donors (Lipinski definition) is 2. The van der Waals surface area contributed by atoms with Gasteiger partial charge >= 0.3 is 0 Å². The lowest BCUT2D eigenvalue weighted by molar-refractivity contribution is -0.134. The van der Waals surface area contributed by atoms with Gasteiger partial charge in [-0.05, 0) is 56.2 Å². The first-order valence-electron chi connectivity index (χ1n) is 8.41. The van der Waals surface area contributed by atoms with E-state index in [1.54, 1.807) is 19.1 Å². The summed E-state index contributed by atoms with van der Waals surface area (Å²) in [5.41, 5.74) is 2.92. The topological polar surface area (TPSA) is 60.8 Å². The van der Waals surface area contributed by atoms with Crippen molar-refractivity contribution in [2.45, 2.75) is 45.4 Å². The lowest BCUT2D eigenvalue weighted by atomic mass is 9.84. The monoisotopic (exact) mass is 315 g/mol. The summed E-state index contributed by atoms with van der Waals surface area (Å²) in [6.45, 7) is 5.22. The van der Waals surface area contributed by atoms with Crippen molar-refractivity contribution in [3.05, 3.63) is 34.9 Å². The SMILES string of the molecule is CC(=O)N1CC(Cc2cc(O)c([C@@H]3C=C(C)CCC3)c(O)c2)C1. The third-order valence-electron chi connectivity index (χ3n) is 5.07. The summed E-state index contributed by atoms with van der Waals surface area (Å²) in [5, 5.41) is 20.8. The molecule has 2 aliphatic rings. The van der Waals surface area contributed by atoms with Crippen LogP contribution in [0.4, 0.5) is 0 Å². The Labute approximate surface area is 137 Å². The van der Waals surface area contributed by atoms with E-state index in [0.717, 1.165) is 44.3 Å². The maximum Gasteiger partial charge on any atom is 0.219 e. The van der Waals surface area contributed by atoms with E-state index in [-0.39, 0.29) is 23.3 Å². The van der Waals surface area contributed by atoms with E-state index in [1.807, 2.05) is 4.90 Å². The summed E-state index contributed by atoms with van der Waals surface area (Å²) < 4.78 is 0. The average molecular weight is 315 g/mol. The molecule has 0 radical (unpaired) electrons. The second-order valence-electron chi connectivity index (χ2n) is 7.05. The molecule has 0 bridgehead atoms. The predicted octanol–water partition coefficient (Wildman–Crippen LogP) is 3.33. The summed E-state index contributed by atoms with van der Waals surface area (Å²) in [6, 6.07) is 3.56. The number of likely N-dealkylation sites (tertiary alicyclic amines) is 1. The van der Waals surface area contributed by atoms with Crippen molar-refractivity contribution in [3.8, 4) is 11.5 Å². The third kappa shape index (κ3) is 3.36. The summed E-state index contributed by atoms with van der Waals surface area (Å²) in [5.74, 6) is 1.02. The number of phenols is 2. The fraction of sp³-hybridized carbons (Fsp3) is 0.526. The van der Waals surface area contributed by atoms with E-state index in [1.165, 1.54) is 5.57 Å². The Kier molecular flexibility index (Phi) is 4.33. The minimum absolute atomic E-state index is 0.106. The number of allylic oxidation sites excluding steroid dienone is 2. The molecule has 4 nitrogen and oxygen atoms in total. The fourth-order valence-corrected chi connectivity index (χ4v) is 3.81. The van der Waals surface area contributed by atoms with Crippen LogP contribution in [0.25, 0.3) is 0 Å². The van der Waals surface area contributed by atoms with Gasteiger partial charge in [-0.2, -0.15) is 0 Å². The molecule has 3 rings (SSSR count). The number of nitrogens with zero attached hydrogens (tertiary/aromatic N) is 1. The van der Waals surface area contributed by atoms with Gasteiger partial charge in [0.05, 0.1) is 0 Å². The molecule has 0 unspecified atom stereocenters. The van der Waals surface area contributed by atoms with Gasteiger partial charge in [-0.1, -0.05) is 11.6 Å². The molecule has 1 aliphatic heterocycles. The molecule has 1 aromatic carbocycles. The van der Waals surface area contributed by atoms with Crippen LogP contribution in [0, 0.1) is 5.92 Å². The van der Waals surface area contributed by atoms with Gasteiger partial charge in [0.1, 0.15) is 11.5 Å². The number of hydrogen-bond acceptors (Lipinski definition) is 3. The van der Waals surface area contributed by atoms with E-state index in [0.29, 0.717) is 11.5 Å². The summed E-state index contributed by atoms with van der Waals surface area (Å²) in [7, 11) is 0. The Balaban J connectivity index is 1.73. The Morgan fingerprint density at radius 2 is 1.91 bits per heavy atom. The van der Waals surface area contributed by atoms with E-state index >= 15 is 0 Å². The lowest BCUT2D eigenvalue weighted by Crippen LogP contribution is -2.49. The van der Waals surface area contributed by atoms with Gasteiger partial charge in [-0.25, -0.2) is 0 Å². The Bertz CT molecular complexity index is 621. The van der Waals surface area contributed by atoms with Crippen molar-refractivity contribution >= 4 is 5.91 Å². The van der Waals surface area contributed by atoms with Crippen molar-refractivity contribution in [2.75, 3.05) is 13.1 Å². The number of benzene rings is 1. The highest BCUT2D eigenvalue weighted by Gasteiger charge is 2.29. The number of phenolic OH excluding ortho intramolecular Hbond substituents is 2. The number of aromatic hydroxyl groups is 2. The van der Waals surface area contributed by atoms with Gasteiger partial charge < -0.3 is 15.1 Å². The second-order valence-corrected chi connectivity index (χ2v) is 7.05. The van der Waals surface area contributed by atoms with Crippen molar-refractivity contribution in [3.63, 3.8) is 0 Å². The first kappa shape index (κ1) is 15.9. The quantitative estimate of drug-likeness (QED) is 0.841. The maximum atomic E-state index is 11.2. The molecule has 124 valence electrons. The van der Waals surface area contributed by atoms with E-state index in [9.17, 15) is 15.0 Å². The smallest absolute Gasteiger partial charge is 0.219 e. The van der Waals surface area contributed by atoms with Crippen LogP contribution in [-0.4, -0.2) is 34.1 Å². The van der Waals surface area contributed by atoms with Gasteiger partial charge in [0.15, 0.2) is 0 Å². The normalized spacial score (nSPS) is 21.7. The van der Waals surface area contributed by atoms with E-state index < -0.39 is 0 Å². The fourth-order valence-electron chi connectivity index (χ4n) is 3.81. The second kappa shape index (κ2) is 6.26. The van der Waals surface area contributed by atoms with E-state index in [2.05, 4.69) is 13.0 Å².